The number of anilines is 1. The second-order valence-corrected chi connectivity index (χ2v) is 6.08. The summed E-state index contributed by atoms with van der Waals surface area (Å²) in [4.78, 5) is 26.8. The molecule has 1 atom stereocenters. The Balaban J connectivity index is 0.00000300. The van der Waals surface area contributed by atoms with Crippen LogP contribution >= 0.6 is 12.4 Å². The Bertz CT molecular complexity index is 1070. The van der Waals surface area contributed by atoms with E-state index in [0.717, 1.165) is 17.5 Å². The lowest BCUT2D eigenvalue weighted by Gasteiger charge is -2.15. The Kier molecular flexibility index (Phi) is 6.89. The maximum Gasteiger partial charge on any atom is 0.573 e. The SMILES string of the molecule is Cl.N[C@@H](Cc1cc(=O)[nH]c2ccccc12)C(=O)Nc1cccc(OC(F)(F)F)c1. The van der Waals surface area contributed by atoms with E-state index in [9.17, 15) is 22.8 Å². The second-order valence-electron chi connectivity index (χ2n) is 6.08. The number of alkyl halides is 3. The van der Waals surface area contributed by atoms with Crippen molar-refractivity contribution in [2.75, 3.05) is 5.32 Å². The third-order valence-electron chi connectivity index (χ3n) is 3.95. The monoisotopic (exact) mass is 427 g/mol. The van der Waals surface area contributed by atoms with Crippen molar-refractivity contribution in [3.8, 4) is 5.75 Å². The molecule has 0 bridgehead atoms. The van der Waals surface area contributed by atoms with Crippen molar-refractivity contribution >= 4 is 34.9 Å². The predicted octanol–water partition coefficient (Wildman–Crippen LogP) is 3.36. The van der Waals surface area contributed by atoms with Gasteiger partial charge in [0.15, 0.2) is 0 Å². The van der Waals surface area contributed by atoms with Crippen molar-refractivity contribution in [3.05, 3.63) is 70.5 Å². The molecule has 6 nitrogen and oxygen atoms in total. The van der Waals surface area contributed by atoms with E-state index in [1.807, 2.05) is 0 Å². The Morgan fingerprint density at radius 3 is 2.59 bits per heavy atom. The van der Waals surface area contributed by atoms with Crippen LogP contribution in [-0.2, 0) is 11.2 Å². The standard InChI is InChI=1S/C19H16F3N3O3.ClH/c20-19(21,22)28-13-5-3-4-12(10-13)24-18(27)15(23)8-11-9-17(26)25-16-7-2-1-6-14(11)16;/h1-7,9-10,15H,8,23H2,(H,24,27)(H,25,26);1H/t15-;/m0./s1. The average molecular weight is 428 g/mol. The highest BCUT2D eigenvalue weighted by molar-refractivity contribution is 5.95. The Morgan fingerprint density at radius 2 is 1.86 bits per heavy atom. The number of para-hydroxylation sites is 1. The summed E-state index contributed by atoms with van der Waals surface area (Å²) in [5.74, 6) is -1.06. The minimum Gasteiger partial charge on any atom is -0.406 e. The zero-order valence-corrected chi connectivity index (χ0v) is 15.6. The number of H-pyrrole nitrogens is 1. The number of aromatic nitrogens is 1. The van der Waals surface area contributed by atoms with Gasteiger partial charge in [-0.1, -0.05) is 24.3 Å². The number of halogens is 4. The molecule has 0 aliphatic rings. The van der Waals surface area contributed by atoms with Crippen LogP contribution in [0.5, 0.6) is 5.75 Å². The number of nitrogens with one attached hydrogen (secondary N) is 2. The largest absolute Gasteiger partial charge is 0.573 e. The van der Waals surface area contributed by atoms with Crippen molar-refractivity contribution in [1.29, 1.82) is 0 Å². The highest BCUT2D eigenvalue weighted by Crippen LogP contribution is 2.25. The first kappa shape index (κ1) is 22.3. The van der Waals surface area contributed by atoms with Gasteiger partial charge in [0, 0.05) is 28.7 Å². The van der Waals surface area contributed by atoms with Crippen molar-refractivity contribution < 1.29 is 22.7 Å². The quantitative estimate of drug-likeness (QED) is 0.581. The summed E-state index contributed by atoms with van der Waals surface area (Å²) in [5, 5.41) is 3.21. The van der Waals surface area contributed by atoms with Crippen molar-refractivity contribution in [2.24, 2.45) is 5.73 Å². The number of pyridine rings is 1. The van der Waals surface area contributed by atoms with E-state index in [1.165, 1.54) is 18.2 Å². The van der Waals surface area contributed by atoms with Crippen LogP contribution in [0, 0.1) is 0 Å². The number of aromatic amines is 1. The number of benzene rings is 2. The van der Waals surface area contributed by atoms with Crippen molar-refractivity contribution in [1.82, 2.24) is 4.98 Å². The molecule has 4 N–H and O–H groups in total. The molecule has 3 rings (SSSR count). The van der Waals surface area contributed by atoms with Crippen LogP contribution in [0.25, 0.3) is 10.9 Å². The number of fused-ring (bicyclic) bond motifs is 1. The Hall–Kier alpha value is -3.04. The fourth-order valence-corrected chi connectivity index (χ4v) is 2.78. The molecule has 0 aliphatic carbocycles. The van der Waals surface area contributed by atoms with E-state index in [4.69, 9.17) is 5.73 Å². The predicted molar refractivity (Wildman–Crippen MR) is 105 cm³/mol. The molecule has 3 aromatic rings. The van der Waals surface area contributed by atoms with Gasteiger partial charge in [-0.2, -0.15) is 0 Å². The summed E-state index contributed by atoms with van der Waals surface area (Å²) in [5.41, 5.74) is 6.94. The number of rotatable bonds is 5. The Morgan fingerprint density at radius 1 is 1.14 bits per heavy atom. The van der Waals surface area contributed by atoms with E-state index >= 15 is 0 Å². The molecular formula is C19H17ClF3N3O3. The summed E-state index contributed by atoms with van der Waals surface area (Å²) in [6.07, 6.45) is -4.75. The minimum absolute atomic E-state index is 0. The highest BCUT2D eigenvalue weighted by atomic mass is 35.5. The average Bonchev–Trinajstić information content (AvgIpc) is 2.60. The van der Waals surface area contributed by atoms with Gasteiger partial charge in [0.1, 0.15) is 5.75 Å². The molecule has 1 aromatic heterocycles. The van der Waals surface area contributed by atoms with Crippen LogP contribution in [0.1, 0.15) is 5.56 Å². The molecule has 154 valence electrons. The Labute approximate surface area is 169 Å². The van der Waals surface area contributed by atoms with Crippen LogP contribution < -0.4 is 21.3 Å². The molecule has 0 radical (unpaired) electrons. The number of hydrogen-bond acceptors (Lipinski definition) is 4. The molecule has 0 saturated heterocycles. The molecule has 1 amide bonds. The first-order valence-electron chi connectivity index (χ1n) is 8.24. The molecule has 2 aromatic carbocycles. The van der Waals surface area contributed by atoms with Gasteiger partial charge in [0.2, 0.25) is 11.5 Å². The summed E-state index contributed by atoms with van der Waals surface area (Å²) in [6, 6.07) is 12.3. The summed E-state index contributed by atoms with van der Waals surface area (Å²) < 4.78 is 40.7. The van der Waals surface area contributed by atoms with Crippen LogP contribution in [0.15, 0.2) is 59.4 Å². The number of carbonyl (C=O) groups is 1. The van der Waals surface area contributed by atoms with Gasteiger partial charge in [-0.05, 0) is 30.2 Å². The molecule has 1 heterocycles. The number of amides is 1. The van der Waals surface area contributed by atoms with Gasteiger partial charge in [-0.15, -0.1) is 25.6 Å². The van der Waals surface area contributed by atoms with E-state index in [0.29, 0.717) is 11.1 Å². The lowest BCUT2D eigenvalue weighted by atomic mass is 10.0. The first-order chi connectivity index (χ1) is 13.2. The number of hydrogen-bond donors (Lipinski definition) is 3. The number of carbonyl (C=O) groups excluding carboxylic acids is 1. The van der Waals surface area contributed by atoms with Gasteiger partial charge in [0.05, 0.1) is 6.04 Å². The molecule has 0 unspecified atom stereocenters. The third kappa shape index (κ3) is 5.97. The topological polar surface area (TPSA) is 97.2 Å². The second kappa shape index (κ2) is 8.97. The van der Waals surface area contributed by atoms with Crippen molar-refractivity contribution in [3.63, 3.8) is 0 Å². The van der Waals surface area contributed by atoms with E-state index in [1.54, 1.807) is 24.3 Å². The minimum atomic E-state index is -4.83. The summed E-state index contributed by atoms with van der Waals surface area (Å²) in [7, 11) is 0. The van der Waals surface area contributed by atoms with Crippen LogP contribution in [0.3, 0.4) is 0 Å². The summed E-state index contributed by atoms with van der Waals surface area (Å²) in [6.45, 7) is 0. The molecule has 0 spiro atoms. The molecule has 29 heavy (non-hydrogen) atoms. The lowest BCUT2D eigenvalue weighted by Crippen LogP contribution is -2.37. The van der Waals surface area contributed by atoms with Gasteiger partial charge in [-0.3, -0.25) is 9.59 Å². The highest BCUT2D eigenvalue weighted by Gasteiger charge is 2.31. The van der Waals surface area contributed by atoms with E-state index < -0.39 is 24.1 Å². The zero-order valence-electron chi connectivity index (χ0n) is 14.8. The zero-order chi connectivity index (χ0) is 20.3. The van der Waals surface area contributed by atoms with Crippen molar-refractivity contribution in [2.45, 2.75) is 18.8 Å². The normalized spacial score (nSPS) is 12.1. The third-order valence-corrected chi connectivity index (χ3v) is 3.95. The maximum absolute atomic E-state index is 12.3. The van der Waals surface area contributed by atoms with Gasteiger partial charge >= 0.3 is 6.36 Å². The van der Waals surface area contributed by atoms with E-state index in [-0.39, 0.29) is 30.1 Å². The van der Waals surface area contributed by atoms with Crippen LogP contribution in [0.2, 0.25) is 0 Å². The van der Waals surface area contributed by atoms with Gasteiger partial charge < -0.3 is 20.8 Å². The number of nitrogens with two attached hydrogens (primary N) is 1. The van der Waals surface area contributed by atoms with Gasteiger partial charge in [-0.25, -0.2) is 0 Å². The maximum atomic E-state index is 12.3. The molecule has 0 fully saturated rings. The first-order valence-corrected chi connectivity index (χ1v) is 8.24. The lowest BCUT2D eigenvalue weighted by molar-refractivity contribution is -0.274. The fraction of sp³-hybridized carbons (Fsp3) is 0.158. The number of ether oxygens (including phenoxy) is 1. The molecule has 0 aliphatic heterocycles. The smallest absolute Gasteiger partial charge is 0.406 e. The van der Waals surface area contributed by atoms with Crippen LogP contribution in [-0.4, -0.2) is 23.3 Å². The fourth-order valence-electron chi connectivity index (χ4n) is 2.78. The molecular weight excluding hydrogens is 411 g/mol. The van der Waals surface area contributed by atoms with E-state index in [2.05, 4.69) is 15.0 Å². The van der Waals surface area contributed by atoms with Gasteiger partial charge in [0.25, 0.3) is 0 Å². The molecule has 10 heteroatoms. The summed E-state index contributed by atoms with van der Waals surface area (Å²) >= 11 is 0. The van der Waals surface area contributed by atoms with Crippen LogP contribution in [0.4, 0.5) is 18.9 Å². The molecule has 0 saturated carbocycles.